The van der Waals surface area contributed by atoms with Crippen LogP contribution in [0.4, 0.5) is 30.7 Å². The molecular formula is C25H26F7N7O. The summed E-state index contributed by atoms with van der Waals surface area (Å²) in [7, 11) is 0. The van der Waals surface area contributed by atoms with E-state index in [0.717, 1.165) is 25.0 Å². The molecule has 1 aromatic carbocycles. The van der Waals surface area contributed by atoms with Crippen molar-refractivity contribution in [2.24, 2.45) is 5.92 Å². The number of aliphatic hydroxyl groups excluding tert-OH is 1. The molecule has 3 heterocycles. The minimum atomic E-state index is -5.09. The Bertz CT molecular complexity index is 1360. The highest BCUT2D eigenvalue weighted by Crippen LogP contribution is 2.50. The van der Waals surface area contributed by atoms with Crippen LogP contribution in [0.1, 0.15) is 61.2 Å². The summed E-state index contributed by atoms with van der Waals surface area (Å²) in [6, 6.07) is 4.64. The van der Waals surface area contributed by atoms with E-state index in [0.29, 0.717) is 12.5 Å². The van der Waals surface area contributed by atoms with E-state index in [4.69, 9.17) is 0 Å². The number of tetrazole rings is 1. The molecule has 1 unspecified atom stereocenters. The fourth-order valence-corrected chi connectivity index (χ4v) is 5.06. The van der Waals surface area contributed by atoms with Crippen molar-refractivity contribution in [1.82, 2.24) is 35.7 Å². The monoisotopic (exact) mass is 573 g/mol. The summed E-state index contributed by atoms with van der Waals surface area (Å²) in [6.07, 6.45) is -9.57. The largest absolute Gasteiger partial charge is 0.411 e. The number of unbranched alkanes of at least 4 members (excludes halogenated alkanes) is 1. The molecule has 1 aliphatic heterocycles. The maximum atomic E-state index is 15.4. The van der Waals surface area contributed by atoms with E-state index < -0.39 is 48.3 Å². The van der Waals surface area contributed by atoms with Crippen LogP contribution in [0.15, 0.2) is 30.5 Å². The van der Waals surface area contributed by atoms with Crippen LogP contribution in [0.3, 0.4) is 0 Å². The van der Waals surface area contributed by atoms with Gasteiger partial charge in [-0.3, -0.25) is 10.00 Å². The number of nitrogens with zero attached hydrogens (tertiary/aromatic N) is 5. The average Bonchev–Trinajstić information content (AvgIpc) is 3.30. The molecule has 0 amide bonds. The van der Waals surface area contributed by atoms with Crippen molar-refractivity contribution in [2.75, 3.05) is 0 Å². The lowest BCUT2D eigenvalue weighted by atomic mass is 9.76. The van der Waals surface area contributed by atoms with E-state index >= 15 is 4.39 Å². The number of benzene rings is 1. The summed E-state index contributed by atoms with van der Waals surface area (Å²) in [5.74, 6) is -0.906. The summed E-state index contributed by atoms with van der Waals surface area (Å²) < 4.78 is 98.9. The van der Waals surface area contributed by atoms with Crippen molar-refractivity contribution in [3.05, 3.63) is 58.9 Å². The molecule has 0 saturated heterocycles. The van der Waals surface area contributed by atoms with E-state index in [9.17, 15) is 31.4 Å². The number of aromatic nitrogens is 6. The Hall–Kier alpha value is -3.33. The second kappa shape index (κ2) is 10.6. The lowest BCUT2D eigenvalue weighted by Gasteiger charge is -2.43. The van der Waals surface area contributed by atoms with Crippen molar-refractivity contribution in [3.63, 3.8) is 0 Å². The predicted octanol–water partition coefficient (Wildman–Crippen LogP) is 4.90. The molecule has 2 atom stereocenters. The molecular weight excluding hydrogens is 547 g/mol. The maximum Gasteiger partial charge on any atom is 0.411 e. The van der Waals surface area contributed by atoms with Gasteiger partial charge in [0.1, 0.15) is 17.6 Å². The molecule has 1 aliphatic carbocycles. The summed E-state index contributed by atoms with van der Waals surface area (Å²) in [5.41, 5.74) is -3.52. The Morgan fingerprint density at radius 3 is 2.48 bits per heavy atom. The van der Waals surface area contributed by atoms with Gasteiger partial charge in [-0.25, -0.2) is 4.39 Å². The number of hydrogen-bond acceptors (Lipinski definition) is 6. The molecule has 15 heteroatoms. The van der Waals surface area contributed by atoms with Gasteiger partial charge >= 0.3 is 12.4 Å². The van der Waals surface area contributed by atoms with Crippen LogP contribution in [0.25, 0.3) is 11.1 Å². The number of halogens is 7. The van der Waals surface area contributed by atoms with Crippen LogP contribution in [-0.2, 0) is 18.5 Å². The zero-order chi connectivity index (χ0) is 28.7. The van der Waals surface area contributed by atoms with Crippen LogP contribution in [0.2, 0.25) is 0 Å². The first-order chi connectivity index (χ1) is 18.9. The van der Waals surface area contributed by atoms with Crippen molar-refractivity contribution in [2.45, 2.75) is 75.6 Å². The maximum absolute atomic E-state index is 15.4. The lowest BCUT2D eigenvalue weighted by molar-refractivity contribution is -0.208. The van der Waals surface area contributed by atoms with Gasteiger partial charge in [0.2, 0.25) is 5.82 Å². The van der Waals surface area contributed by atoms with Crippen LogP contribution >= 0.6 is 0 Å². The first-order valence-electron chi connectivity index (χ1n) is 12.7. The van der Waals surface area contributed by atoms with Gasteiger partial charge in [0.25, 0.3) is 0 Å². The van der Waals surface area contributed by atoms with Crippen molar-refractivity contribution in [1.29, 1.82) is 0 Å². The normalized spacial score (nSPS) is 22.2. The van der Waals surface area contributed by atoms with Gasteiger partial charge < -0.3 is 5.11 Å². The van der Waals surface area contributed by atoms with Crippen LogP contribution in [0.5, 0.6) is 0 Å². The Labute approximate surface area is 223 Å². The molecule has 216 valence electrons. The third-order valence-electron chi connectivity index (χ3n) is 7.25. The highest BCUT2D eigenvalue weighted by atomic mass is 19.4. The van der Waals surface area contributed by atoms with Gasteiger partial charge in [-0.05, 0) is 66.5 Å². The molecule has 2 aromatic heterocycles. The third kappa shape index (κ3) is 5.89. The molecule has 0 spiro atoms. The molecule has 1 fully saturated rings. The molecule has 0 radical (unpaired) electrons. The van der Waals surface area contributed by atoms with Crippen molar-refractivity contribution in [3.8, 4) is 0 Å². The second-order valence-electron chi connectivity index (χ2n) is 10.3. The van der Waals surface area contributed by atoms with E-state index in [1.54, 1.807) is 10.9 Å². The first-order valence-corrected chi connectivity index (χ1v) is 12.7. The number of hydrogen-bond donors (Lipinski definition) is 3. The van der Waals surface area contributed by atoms with Gasteiger partial charge in [-0.15, -0.1) is 10.2 Å². The van der Waals surface area contributed by atoms with Gasteiger partial charge in [0.15, 0.2) is 0 Å². The molecule has 5 rings (SSSR count). The summed E-state index contributed by atoms with van der Waals surface area (Å²) in [6.45, 7) is 0.592. The summed E-state index contributed by atoms with van der Waals surface area (Å²) in [5, 5.41) is 30.9. The molecule has 3 N–H and O–H groups in total. The van der Waals surface area contributed by atoms with E-state index in [2.05, 4.69) is 31.0 Å². The summed E-state index contributed by atoms with van der Waals surface area (Å²) >= 11 is 0. The molecule has 1 saturated carbocycles. The molecule has 8 nitrogen and oxygen atoms in total. The van der Waals surface area contributed by atoms with Gasteiger partial charge in [-0.1, -0.05) is 12.1 Å². The van der Waals surface area contributed by atoms with E-state index in [1.165, 1.54) is 12.1 Å². The van der Waals surface area contributed by atoms with Crippen LogP contribution in [-0.4, -0.2) is 54.1 Å². The number of nitrogens with one attached hydrogen (secondary N) is 2. The smallest absolute Gasteiger partial charge is 0.374 e. The number of rotatable bonds is 9. The number of aryl methyl sites for hydroxylation is 1. The molecule has 2 aliphatic rings. The zero-order valence-corrected chi connectivity index (χ0v) is 21.0. The molecule has 3 aromatic rings. The first kappa shape index (κ1) is 28.2. The SMILES string of the molecule is OC1N[C@@](c2ccc(CCCCC(F)(F)F)cc2F)(C(F)(F)F)CC(c2ccn(CC3CC3)n2)=C1c1nn[nH]n1. The van der Waals surface area contributed by atoms with Gasteiger partial charge in [0, 0.05) is 36.7 Å². The van der Waals surface area contributed by atoms with Crippen molar-refractivity contribution < 1.29 is 35.8 Å². The zero-order valence-electron chi connectivity index (χ0n) is 21.0. The highest BCUT2D eigenvalue weighted by molar-refractivity contribution is 5.91. The van der Waals surface area contributed by atoms with Gasteiger partial charge in [-0.2, -0.15) is 36.7 Å². The molecule has 40 heavy (non-hydrogen) atoms. The van der Waals surface area contributed by atoms with Crippen molar-refractivity contribution >= 4 is 11.1 Å². The minimum absolute atomic E-state index is 0.0323. The highest BCUT2D eigenvalue weighted by Gasteiger charge is 2.60. The Morgan fingerprint density at radius 1 is 1.07 bits per heavy atom. The number of H-pyrrole nitrogens is 1. The second-order valence-corrected chi connectivity index (χ2v) is 10.3. The Morgan fingerprint density at radius 2 is 1.85 bits per heavy atom. The molecule has 0 bridgehead atoms. The van der Waals surface area contributed by atoms with E-state index in [-0.39, 0.29) is 47.5 Å². The van der Waals surface area contributed by atoms with Crippen LogP contribution in [0, 0.1) is 11.7 Å². The van der Waals surface area contributed by atoms with Gasteiger partial charge in [0.05, 0.1) is 5.69 Å². The number of aromatic amines is 1. The fourth-order valence-electron chi connectivity index (χ4n) is 5.06. The average molecular weight is 574 g/mol. The lowest BCUT2D eigenvalue weighted by Crippen LogP contribution is -2.60. The predicted molar refractivity (Wildman–Crippen MR) is 127 cm³/mol. The quantitative estimate of drug-likeness (QED) is 0.249. The Kier molecular flexibility index (Phi) is 7.46. The summed E-state index contributed by atoms with van der Waals surface area (Å²) in [4.78, 5) is 0. The Balaban J connectivity index is 1.51. The minimum Gasteiger partial charge on any atom is -0.374 e. The standard InChI is InChI=1S/C25H26F7N7O/c26-18-11-14(3-1-2-9-24(27,28)29)6-7-17(18)23(25(30,31)32)12-16(19-8-10-39(36-19)13-15-4-5-15)20(22(40)33-23)21-34-37-38-35-21/h6-8,10-11,15,22,33,40H,1-5,9,12-13H2,(H,34,35,37,38)/t22?,23-/m0/s1. The number of aliphatic hydroxyl groups is 1. The van der Waals surface area contributed by atoms with Crippen LogP contribution < -0.4 is 5.32 Å². The van der Waals surface area contributed by atoms with E-state index in [1.807, 2.05) is 0 Å². The number of alkyl halides is 6. The topological polar surface area (TPSA) is 105 Å². The fraction of sp³-hybridized carbons (Fsp3) is 0.520. The third-order valence-corrected chi connectivity index (χ3v) is 7.25.